The Hall–Kier alpha value is -3.33. The van der Waals surface area contributed by atoms with Crippen molar-refractivity contribution in [1.29, 1.82) is 0 Å². The second kappa shape index (κ2) is 7.83. The highest BCUT2D eigenvalue weighted by atomic mass is 32.1. The fraction of sp³-hybridized carbons (Fsp3) is 0.160. The van der Waals surface area contributed by atoms with Gasteiger partial charge in [0.25, 0.3) is 0 Å². The minimum atomic E-state index is -0.128. The molecular weight excluding hydrogens is 388 g/mol. The third kappa shape index (κ3) is 3.63. The number of hydrogen-bond acceptors (Lipinski definition) is 4. The highest BCUT2D eigenvalue weighted by molar-refractivity contribution is 7.14. The van der Waals surface area contributed by atoms with Gasteiger partial charge in [0.15, 0.2) is 0 Å². The van der Waals surface area contributed by atoms with Crippen LogP contribution in [0, 0.1) is 11.8 Å². The normalized spacial score (nSPS) is 13.7. The second-order valence-corrected chi connectivity index (χ2v) is 8.56. The topological polar surface area (TPSA) is 46.5 Å². The Morgan fingerprint density at radius 3 is 2.83 bits per heavy atom. The molecule has 0 aliphatic carbocycles. The Kier molecular flexibility index (Phi) is 4.88. The first-order chi connectivity index (χ1) is 14.7. The second-order valence-electron chi connectivity index (χ2n) is 7.47. The molecule has 3 heterocycles. The van der Waals surface area contributed by atoms with Crippen molar-refractivity contribution < 1.29 is 0 Å². The molecule has 0 unspecified atom stereocenters. The molecule has 2 aromatic carbocycles. The van der Waals surface area contributed by atoms with Gasteiger partial charge in [-0.3, -0.25) is 4.99 Å². The maximum Gasteiger partial charge on any atom is 0.115 e. The zero-order valence-corrected chi connectivity index (χ0v) is 17.6. The molecule has 2 aromatic heterocycles. The molecule has 0 saturated carbocycles. The van der Waals surface area contributed by atoms with E-state index in [4.69, 9.17) is 5.73 Å². The number of aliphatic imine (C=N–C) groups is 1. The van der Waals surface area contributed by atoms with Crippen LogP contribution in [0.4, 0.5) is 11.4 Å². The highest BCUT2D eigenvalue weighted by Crippen LogP contribution is 2.37. The Morgan fingerprint density at radius 1 is 1.13 bits per heavy atom. The third-order valence-electron chi connectivity index (χ3n) is 5.15. The Labute approximate surface area is 180 Å². The van der Waals surface area contributed by atoms with Crippen molar-refractivity contribution in [3.8, 4) is 11.8 Å². The van der Waals surface area contributed by atoms with E-state index in [0.29, 0.717) is 6.67 Å². The van der Waals surface area contributed by atoms with Crippen LogP contribution >= 0.6 is 11.3 Å². The number of benzene rings is 2. The third-order valence-corrected chi connectivity index (χ3v) is 6.12. The van der Waals surface area contributed by atoms with Crippen molar-refractivity contribution in [2.75, 3.05) is 11.6 Å². The lowest BCUT2D eigenvalue weighted by Crippen LogP contribution is -2.20. The van der Waals surface area contributed by atoms with E-state index in [1.54, 1.807) is 11.3 Å². The number of fused-ring (bicyclic) bond motifs is 2. The molecule has 0 bridgehead atoms. The van der Waals surface area contributed by atoms with E-state index in [0.717, 1.165) is 27.7 Å². The molecule has 2 N–H and O–H groups in total. The van der Waals surface area contributed by atoms with Crippen LogP contribution in [0.3, 0.4) is 0 Å². The first-order valence-electron chi connectivity index (χ1n) is 9.98. The fourth-order valence-electron chi connectivity index (χ4n) is 3.72. The van der Waals surface area contributed by atoms with Gasteiger partial charge >= 0.3 is 0 Å². The molecular formula is C25H22N4S. The minimum absolute atomic E-state index is 0.128. The van der Waals surface area contributed by atoms with Crippen molar-refractivity contribution in [3.63, 3.8) is 0 Å². The summed E-state index contributed by atoms with van der Waals surface area (Å²) in [4.78, 5) is 8.96. The van der Waals surface area contributed by atoms with Crippen molar-refractivity contribution >= 4 is 39.8 Å². The van der Waals surface area contributed by atoms with Crippen molar-refractivity contribution in [2.45, 2.75) is 19.5 Å². The van der Waals surface area contributed by atoms with E-state index in [1.165, 1.54) is 16.5 Å². The molecule has 4 aromatic rings. The number of aromatic nitrogens is 1. The van der Waals surface area contributed by atoms with E-state index < -0.39 is 0 Å². The van der Waals surface area contributed by atoms with Gasteiger partial charge in [-0.05, 0) is 42.8 Å². The van der Waals surface area contributed by atoms with Crippen LogP contribution in [0.1, 0.15) is 22.2 Å². The van der Waals surface area contributed by atoms with Gasteiger partial charge in [-0.25, -0.2) is 0 Å². The number of nitrogens with zero attached hydrogens (tertiary/aromatic N) is 3. The predicted molar refractivity (Wildman–Crippen MR) is 127 cm³/mol. The quantitative estimate of drug-likeness (QED) is 0.484. The van der Waals surface area contributed by atoms with Crippen molar-refractivity contribution in [1.82, 2.24) is 4.57 Å². The first kappa shape index (κ1) is 18.7. The maximum atomic E-state index is 5.78. The summed E-state index contributed by atoms with van der Waals surface area (Å²) < 4.78 is 2.29. The van der Waals surface area contributed by atoms with Gasteiger partial charge in [0, 0.05) is 35.5 Å². The molecule has 1 aliphatic rings. The zero-order chi connectivity index (χ0) is 20.5. The molecule has 0 saturated heterocycles. The predicted octanol–water partition coefficient (Wildman–Crippen LogP) is 4.98. The van der Waals surface area contributed by atoms with E-state index in [2.05, 4.69) is 93.2 Å². The van der Waals surface area contributed by atoms with Crippen LogP contribution < -0.4 is 10.6 Å². The van der Waals surface area contributed by atoms with Crippen LogP contribution in [0.5, 0.6) is 0 Å². The molecule has 5 heteroatoms. The number of thiophene rings is 1. The van der Waals surface area contributed by atoms with Crippen molar-refractivity contribution in [2.24, 2.45) is 10.7 Å². The highest BCUT2D eigenvalue weighted by Gasteiger charge is 2.19. The summed E-state index contributed by atoms with van der Waals surface area (Å²) >= 11 is 1.66. The van der Waals surface area contributed by atoms with Gasteiger partial charge in [0.2, 0.25) is 0 Å². The maximum absolute atomic E-state index is 5.78. The molecule has 0 amide bonds. The lowest BCUT2D eigenvalue weighted by Gasteiger charge is -2.25. The number of rotatable bonds is 3. The number of anilines is 2. The van der Waals surface area contributed by atoms with Gasteiger partial charge in [0.05, 0.1) is 21.5 Å². The average molecular weight is 411 g/mol. The summed E-state index contributed by atoms with van der Waals surface area (Å²) in [5.74, 6) is 6.23. The van der Waals surface area contributed by atoms with Gasteiger partial charge in [0.1, 0.15) is 6.67 Å². The Bertz CT molecular complexity index is 1290. The van der Waals surface area contributed by atoms with Crippen LogP contribution in [-0.2, 0) is 6.54 Å². The lowest BCUT2D eigenvalue weighted by atomic mass is 10.2. The van der Waals surface area contributed by atoms with Crippen LogP contribution in [0.15, 0.2) is 71.9 Å². The largest absolute Gasteiger partial charge is 0.343 e. The van der Waals surface area contributed by atoms with Gasteiger partial charge < -0.3 is 15.2 Å². The molecule has 0 spiro atoms. The average Bonchev–Trinajstić information content (AvgIpc) is 3.36. The number of nitrogens with two attached hydrogens (primary N) is 1. The SMILES string of the molecule is C[C@@H](N)C#Cc1cc2c(s1)C=NCN2c1ccc2c(ccn2Cc2ccccc2)c1. The van der Waals surface area contributed by atoms with E-state index in [-0.39, 0.29) is 6.04 Å². The molecule has 4 nitrogen and oxygen atoms in total. The molecule has 0 radical (unpaired) electrons. The molecule has 5 rings (SSSR count). The molecule has 1 atom stereocenters. The molecule has 148 valence electrons. The standard InChI is InChI=1S/C25H22N4S/c1-18(26)7-9-22-14-24-25(30-22)15-27-17-29(24)21-8-10-23-20(13-21)11-12-28(23)16-19-5-3-2-4-6-19/h2-6,8,10-15,18H,16-17,26H2,1H3/t18-/m1/s1. The Balaban J connectivity index is 1.46. The summed E-state index contributed by atoms with van der Waals surface area (Å²) in [5, 5.41) is 1.23. The monoisotopic (exact) mass is 410 g/mol. The minimum Gasteiger partial charge on any atom is -0.343 e. The summed E-state index contributed by atoms with van der Waals surface area (Å²) in [7, 11) is 0. The number of hydrogen-bond donors (Lipinski definition) is 1. The van der Waals surface area contributed by atoms with Gasteiger partial charge in [-0.2, -0.15) is 0 Å². The van der Waals surface area contributed by atoms with Crippen LogP contribution in [0.2, 0.25) is 0 Å². The lowest BCUT2D eigenvalue weighted by molar-refractivity contribution is 0.837. The molecule has 30 heavy (non-hydrogen) atoms. The van der Waals surface area contributed by atoms with E-state index >= 15 is 0 Å². The molecule has 1 aliphatic heterocycles. The summed E-state index contributed by atoms with van der Waals surface area (Å²) in [6.45, 7) is 3.38. The molecule has 0 fully saturated rings. The summed E-state index contributed by atoms with van der Waals surface area (Å²) in [5.41, 5.74) is 10.6. The Morgan fingerprint density at radius 2 is 2.00 bits per heavy atom. The van der Waals surface area contributed by atoms with E-state index in [9.17, 15) is 0 Å². The summed E-state index contributed by atoms with van der Waals surface area (Å²) in [6.07, 6.45) is 4.11. The fourth-order valence-corrected chi connectivity index (χ4v) is 4.64. The van der Waals surface area contributed by atoms with Gasteiger partial charge in [-0.1, -0.05) is 42.2 Å². The van der Waals surface area contributed by atoms with Crippen LogP contribution in [0.25, 0.3) is 10.9 Å². The van der Waals surface area contributed by atoms with E-state index in [1.807, 2.05) is 13.1 Å². The van der Waals surface area contributed by atoms with Crippen LogP contribution in [-0.4, -0.2) is 23.5 Å². The first-order valence-corrected chi connectivity index (χ1v) is 10.8. The van der Waals surface area contributed by atoms with Gasteiger partial charge in [-0.15, -0.1) is 11.3 Å². The zero-order valence-electron chi connectivity index (χ0n) is 16.7. The smallest absolute Gasteiger partial charge is 0.115 e. The van der Waals surface area contributed by atoms with Crippen molar-refractivity contribution in [3.05, 3.63) is 82.2 Å². The summed E-state index contributed by atoms with van der Waals surface area (Å²) in [6, 6.07) is 21.4.